The number of nitrogens with zero attached hydrogens (tertiary/aromatic N) is 1. The quantitative estimate of drug-likeness (QED) is 0.854. The molecule has 4 nitrogen and oxygen atoms in total. The Hall–Kier alpha value is -1.87. The monoisotopic (exact) mass is 320 g/mol. The summed E-state index contributed by atoms with van der Waals surface area (Å²) in [6.45, 7) is 1.87. The zero-order valence-corrected chi connectivity index (χ0v) is 12.9. The van der Waals surface area contributed by atoms with E-state index in [-0.39, 0.29) is 12.5 Å². The molecule has 1 amide bonds. The number of thiophene rings is 1. The molecule has 0 spiro atoms. The van der Waals surface area contributed by atoms with Crippen molar-refractivity contribution in [2.45, 2.75) is 13.3 Å². The van der Waals surface area contributed by atoms with Crippen LogP contribution in [0.1, 0.15) is 27.3 Å². The molecule has 0 bridgehead atoms. The van der Waals surface area contributed by atoms with Gasteiger partial charge in [-0.05, 0) is 35.9 Å². The molecule has 21 heavy (non-hydrogen) atoms. The molecular formula is C15H13ClN2O2S. The number of aliphatic hydroxyl groups excluding tert-OH is 1. The number of aryl methyl sites for hydroxylation is 1. The second-order valence-electron chi connectivity index (χ2n) is 4.20. The summed E-state index contributed by atoms with van der Waals surface area (Å²) in [6, 6.07) is 5.18. The number of carbonyl (C=O) groups excluding carboxylic acids is 1. The molecule has 0 aliphatic rings. The Kier molecular flexibility index (Phi) is 5.34. The summed E-state index contributed by atoms with van der Waals surface area (Å²) < 4.78 is 0. The Bertz CT molecular complexity index is 716. The van der Waals surface area contributed by atoms with Gasteiger partial charge in [-0.3, -0.25) is 4.79 Å². The third-order valence-electron chi connectivity index (χ3n) is 2.55. The molecule has 0 aliphatic carbocycles. The predicted molar refractivity (Wildman–Crippen MR) is 84.8 cm³/mol. The summed E-state index contributed by atoms with van der Waals surface area (Å²) in [5.74, 6) is 5.73. The highest BCUT2D eigenvalue weighted by Gasteiger charge is 2.15. The van der Waals surface area contributed by atoms with Crippen LogP contribution in [-0.2, 0) is 0 Å². The molecule has 0 aliphatic heterocycles. The van der Waals surface area contributed by atoms with Crippen molar-refractivity contribution >= 4 is 34.7 Å². The molecule has 2 aromatic rings. The minimum atomic E-state index is -0.286. The molecule has 0 saturated carbocycles. The second-order valence-corrected chi connectivity index (χ2v) is 5.46. The number of anilines is 1. The fourth-order valence-electron chi connectivity index (χ4n) is 1.54. The third-order valence-corrected chi connectivity index (χ3v) is 4.25. The fourth-order valence-corrected chi connectivity index (χ4v) is 2.71. The van der Waals surface area contributed by atoms with Crippen molar-refractivity contribution in [1.82, 2.24) is 4.98 Å². The lowest BCUT2D eigenvalue weighted by Gasteiger charge is -2.03. The van der Waals surface area contributed by atoms with Crippen molar-refractivity contribution in [1.29, 1.82) is 0 Å². The summed E-state index contributed by atoms with van der Waals surface area (Å²) in [7, 11) is 0. The van der Waals surface area contributed by atoms with E-state index >= 15 is 0 Å². The summed E-state index contributed by atoms with van der Waals surface area (Å²) in [5, 5.41) is 13.7. The van der Waals surface area contributed by atoms with Crippen LogP contribution in [0.3, 0.4) is 0 Å². The summed E-state index contributed by atoms with van der Waals surface area (Å²) >= 11 is 7.37. The average molecular weight is 321 g/mol. The maximum absolute atomic E-state index is 12.1. The van der Waals surface area contributed by atoms with Gasteiger partial charge < -0.3 is 10.4 Å². The van der Waals surface area contributed by atoms with E-state index in [1.807, 2.05) is 12.3 Å². The number of hydrogen-bond acceptors (Lipinski definition) is 4. The van der Waals surface area contributed by atoms with Crippen LogP contribution in [0.2, 0.25) is 5.02 Å². The normalized spacial score (nSPS) is 9.86. The predicted octanol–water partition coefficient (Wildman–Crippen LogP) is 3.09. The minimum Gasteiger partial charge on any atom is -0.395 e. The maximum Gasteiger partial charge on any atom is 0.268 e. The highest BCUT2D eigenvalue weighted by molar-refractivity contribution is 7.13. The molecule has 0 aromatic carbocycles. The number of halogens is 1. The molecule has 0 fully saturated rings. The smallest absolute Gasteiger partial charge is 0.268 e. The molecule has 2 rings (SSSR count). The largest absolute Gasteiger partial charge is 0.395 e. The van der Waals surface area contributed by atoms with Gasteiger partial charge in [0.15, 0.2) is 0 Å². The van der Waals surface area contributed by atoms with Gasteiger partial charge in [0, 0.05) is 6.42 Å². The lowest BCUT2D eigenvalue weighted by molar-refractivity contribution is 0.103. The van der Waals surface area contributed by atoms with Crippen LogP contribution in [0.4, 0.5) is 5.82 Å². The first-order chi connectivity index (χ1) is 10.1. The Morgan fingerprint density at radius 3 is 3.00 bits per heavy atom. The molecular weight excluding hydrogens is 308 g/mol. The summed E-state index contributed by atoms with van der Waals surface area (Å²) in [5.41, 5.74) is 1.41. The highest BCUT2D eigenvalue weighted by Crippen LogP contribution is 2.27. The summed E-state index contributed by atoms with van der Waals surface area (Å²) in [4.78, 5) is 16.8. The van der Waals surface area contributed by atoms with E-state index < -0.39 is 0 Å². The molecule has 0 saturated heterocycles. The van der Waals surface area contributed by atoms with Crippen LogP contribution in [0.15, 0.2) is 23.6 Å². The van der Waals surface area contributed by atoms with E-state index in [9.17, 15) is 4.79 Å². The molecule has 108 valence electrons. The lowest BCUT2D eigenvalue weighted by atomic mass is 10.3. The Labute approximate surface area is 131 Å². The van der Waals surface area contributed by atoms with Crippen molar-refractivity contribution in [3.8, 4) is 11.8 Å². The van der Waals surface area contributed by atoms with Gasteiger partial charge in [-0.1, -0.05) is 23.6 Å². The molecule has 0 unspecified atom stereocenters. The molecule has 2 heterocycles. The van der Waals surface area contributed by atoms with Crippen LogP contribution in [0.5, 0.6) is 0 Å². The van der Waals surface area contributed by atoms with Gasteiger partial charge >= 0.3 is 0 Å². The zero-order chi connectivity index (χ0) is 15.2. The standard InChI is InChI=1S/C15H13ClN2O2S/c1-10-9-21-14(13(10)16)15(20)18-12-7-4-6-11(17-12)5-2-3-8-19/h4,6-7,9,19H,3,8H2,1H3,(H,17,18,20). The van der Waals surface area contributed by atoms with Gasteiger partial charge in [0.2, 0.25) is 0 Å². The van der Waals surface area contributed by atoms with Gasteiger partial charge in [-0.15, -0.1) is 11.3 Å². The van der Waals surface area contributed by atoms with Crippen LogP contribution in [0.25, 0.3) is 0 Å². The molecule has 2 aromatic heterocycles. The van der Waals surface area contributed by atoms with E-state index in [1.54, 1.807) is 18.2 Å². The number of carbonyl (C=O) groups is 1. The van der Waals surface area contributed by atoms with Crippen molar-refractivity contribution in [2.24, 2.45) is 0 Å². The third kappa shape index (κ3) is 4.05. The van der Waals surface area contributed by atoms with E-state index in [1.165, 1.54) is 11.3 Å². The second kappa shape index (κ2) is 7.23. The van der Waals surface area contributed by atoms with Crippen molar-refractivity contribution < 1.29 is 9.90 Å². The number of aromatic nitrogens is 1. The molecule has 6 heteroatoms. The number of hydrogen-bond donors (Lipinski definition) is 2. The van der Waals surface area contributed by atoms with Gasteiger partial charge in [0.1, 0.15) is 16.4 Å². The first-order valence-corrected chi connectivity index (χ1v) is 7.49. The average Bonchev–Trinajstić information content (AvgIpc) is 2.80. The molecule has 2 N–H and O–H groups in total. The van der Waals surface area contributed by atoms with E-state index in [4.69, 9.17) is 16.7 Å². The first kappa shape index (κ1) is 15.5. The zero-order valence-electron chi connectivity index (χ0n) is 11.3. The fraction of sp³-hybridized carbons (Fsp3) is 0.200. The van der Waals surface area contributed by atoms with Crippen LogP contribution < -0.4 is 5.32 Å². The number of pyridine rings is 1. The van der Waals surface area contributed by atoms with Crippen molar-refractivity contribution in [3.05, 3.63) is 44.7 Å². The number of rotatable bonds is 3. The van der Waals surface area contributed by atoms with Crippen molar-refractivity contribution in [3.63, 3.8) is 0 Å². The Morgan fingerprint density at radius 2 is 2.33 bits per heavy atom. The molecule has 0 atom stereocenters. The van der Waals surface area contributed by atoms with E-state index in [0.29, 0.717) is 27.8 Å². The summed E-state index contributed by atoms with van der Waals surface area (Å²) in [6.07, 6.45) is 0.391. The van der Waals surface area contributed by atoms with Gasteiger partial charge in [-0.25, -0.2) is 4.98 Å². The van der Waals surface area contributed by atoms with Crippen LogP contribution in [-0.4, -0.2) is 22.6 Å². The van der Waals surface area contributed by atoms with Crippen LogP contribution >= 0.6 is 22.9 Å². The number of nitrogens with one attached hydrogen (secondary N) is 1. The molecule has 0 radical (unpaired) electrons. The van der Waals surface area contributed by atoms with Crippen molar-refractivity contribution in [2.75, 3.05) is 11.9 Å². The number of aliphatic hydroxyl groups is 1. The number of amides is 1. The first-order valence-electron chi connectivity index (χ1n) is 6.23. The highest BCUT2D eigenvalue weighted by atomic mass is 35.5. The minimum absolute atomic E-state index is 0.0135. The Morgan fingerprint density at radius 1 is 1.52 bits per heavy atom. The van der Waals surface area contributed by atoms with E-state index in [2.05, 4.69) is 22.1 Å². The van der Waals surface area contributed by atoms with Gasteiger partial charge in [0.05, 0.1) is 11.6 Å². The topological polar surface area (TPSA) is 62.2 Å². The Balaban J connectivity index is 2.13. The lowest BCUT2D eigenvalue weighted by Crippen LogP contribution is -2.12. The van der Waals surface area contributed by atoms with E-state index in [0.717, 1.165) is 5.56 Å². The maximum atomic E-state index is 12.1. The van der Waals surface area contributed by atoms with Gasteiger partial charge in [0.25, 0.3) is 5.91 Å². The van der Waals surface area contributed by atoms with Gasteiger partial charge in [-0.2, -0.15) is 0 Å². The van der Waals surface area contributed by atoms with Crippen LogP contribution in [0, 0.1) is 18.8 Å². The SMILES string of the molecule is Cc1csc(C(=O)Nc2cccc(C#CCCO)n2)c1Cl.